The van der Waals surface area contributed by atoms with Crippen molar-refractivity contribution >= 4 is 28.9 Å². The van der Waals surface area contributed by atoms with E-state index >= 15 is 0 Å². The molecule has 2 aromatic heterocycles. The third-order valence-corrected chi connectivity index (χ3v) is 5.71. The Balaban J connectivity index is 1.51. The van der Waals surface area contributed by atoms with Gasteiger partial charge in [0, 0.05) is 6.42 Å². The van der Waals surface area contributed by atoms with Crippen LogP contribution >= 0.6 is 11.3 Å². The third kappa shape index (κ3) is 4.17. The fourth-order valence-corrected chi connectivity index (χ4v) is 4.07. The Labute approximate surface area is 182 Å². The van der Waals surface area contributed by atoms with Crippen LogP contribution in [0.2, 0.25) is 0 Å². The molecular formula is C22H20N2O6S. The van der Waals surface area contributed by atoms with Crippen LogP contribution in [0.5, 0.6) is 11.5 Å². The SMILES string of the molecule is COc1cccc(C(=O)OCC(=O)N2N=C(c3cccs3)CC2c2ccco2)c1OC. The van der Waals surface area contributed by atoms with Crippen molar-refractivity contribution in [3.05, 3.63) is 70.3 Å². The molecule has 4 rings (SSSR count). The van der Waals surface area contributed by atoms with E-state index in [0.717, 1.165) is 10.6 Å². The monoisotopic (exact) mass is 440 g/mol. The summed E-state index contributed by atoms with van der Waals surface area (Å²) in [6.45, 7) is -0.475. The molecule has 1 atom stereocenters. The average molecular weight is 440 g/mol. The van der Waals surface area contributed by atoms with Crippen LogP contribution in [0, 0.1) is 0 Å². The number of hydrogen-bond donors (Lipinski definition) is 0. The van der Waals surface area contributed by atoms with Gasteiger partial charge in [-0.2, -0.15) is 5.10 Å². The number of nitrogens with zero attached hydrogens (tertiary/aromatic N) is 2. The maximum absolute atomic E-state index is 12.9. The van der Waals surface area contributed by atoms with E-state index in [-0.39, 0.29) is 11.3 Å². The Morgan fingerprint density at radius 1 is 1.16 bits per heavy atom. The molecule has 0 aliphatic carbocycles. The van der Waals surface area contributed by atoms with Crippen LogP contribution in [-0.2, 0) is 9.53 Å². The lowest BCUT2D eigenvalue weighted by atomic mass is 10.1. The molecule has 1 aliphatic heterocycles. The number of methoxy groups -OCH3 is 2. The lowest BCUT2D eigenvalue weighted by Crippen LogP contribution is -2.31. The molecule has 3 aromatic rings. The number of esters is 1. The lowest BCUT2D eigenvalue weighted by molar-refractivity contribution is -0.136. The Bertz CT molecular complexity index is 1090. The summed E-state index contributed by atoms with van der Waals surface area (Å²) in [7, 11) is 2.90. The zero-order valence-corrected chi connectivity index (χ0v) is 17.8. The number of carbonyl (C=O) groups excluding carboxylic acids is 2. The summed E-state index contributed by atoms with van der Waals surface area (Å²) in [5, 5.41) is 7.77. The fourth-order valence-electron chi connectivity index (χ4n) is 3.35. The summed E-state index contributed by atoms with van der Waals surface area (Å²) in [5.74, 6) is 0.105. The van der Waals surface area contributed by atoms with Crippen LogP contribution in [0.25, 0.3) is 0 Å². The normalized spacial score (nSPS) is 15.5. The highest BCUT2D eigenvalue weighted by Crippen LogP contribution is 2.34. The summed E-state index contributed by atoms with van der Waals surface area (Å²) < 4.78 is 21.2. The molecule has 1 aromatic carbocycles. The van der Waals surface area contributed by atoms with Crippen LogP contribution in [0.15, 0.2) is 63.6 Å². The van der Waals surface area contributed by atoms with Gasteiger partial charge in [-0.15, -0.1) is 11.3 Å². The fraction of sp³-hybridized carbons (Fsp3) is 0.227. The van der Waals surface area contributed by atoms with Gasteiger partial charge in [0.1, 0.15) is 17.4 Å². The second-order valence-electron chi connectivity index (χ2n) is 6.61. The van der Waals surface area contributed by atoms with Gasteiger partial charge in [0.15, 0.2) is 18.1 Å². The van der Waals surface area contributed by atoms with Gasteiger partial charge in [-0.1, -0.05) is 12.1 Å². The van der Waals surface area contributed by atoms with E-state index in [1.54, 1.807) is 47.9 Å². The van der Waals surface area contributed by atoms with E-state index in [0.29, 0.717) is 17.9 Å². The zero-order valence-electron chi connectivity index (χ0n) is 16.9. The Morgan fingerprint density at radius 3 is 2.71 bits per heavy atom. The number of ether oxygens (including phenoxy) is 3. The molecule has 1 aliphatic rings. The first-order valence-electron chi connectivity index (χ1n) is 9.47. The molecule has 0 fully saturated rings. The van der Waals surface area contributed by atoms with Gasteiger partial charge in [0.05, 0.1) is 31.1 Å². The van der Waals surface area contributed by atoms with Gasteiger partial charge in [-0.3, -0.25) is 4.79 Å². The average Bonchev–Trinajstić information content (AvgIpc) is 3.56. The summed E-state index contributed by atoms with van der Waals surface area (Å²) in [5.41, 5.74) is 0.951. The van der Waals surface area contributed by atoms with Crippen molar-refractivity contribution in [2.75, 3.05) is 20.8 Å². The Hall–Kier alpha value is -3.59. The third-order valence-electron chi connectivity index (χ3n) is 4.79. The van der Waals surface area contributed by atoms with Crippen molar-refractivity contribution in [3.8, 4) is 11.5 Å². The molecule has 31 heavy (non-hydrogen) atoms. The van der Waals surface area contributed by atoms with Crippen molar-refractivity contribution in [1.82, 2.24) is 5.01 Å². The van der Waals surface area contributed by atoms with Gasteiger partial charge in [-0.25, -0.2) is 9.80 Å². The van der Waals surface area contributed by atoms with Crippen molar-refractivity contribution in [3.63, 3.8) is 0 Å². The predicted molar refractivity (Wildman–Crippen MR) is 114 cm³/mol. The Kier molecular flexibility index (Phi) is 6.03. The Morgan fingerprint density at radius 2 is 2.03 bits per heavy atom. The van der Waals surface area contributed by atoms with Crippen LogP contribution in [0.1, 0.15) is 33.5 Å². The van der Waals surface area contributed by atoms with Gasteiger partial charge in [0.25, 0.3) is 5.91 Å². The van der Waals surface area contributed by atoms with Crippen molar-refractivity contribution in [2.24, 2.45) is 5.10 Å². The first-order chi connectivity index (χ1) is 15.1. The summed E-state index contributed by atoms with van der Waals surface area (Å²) in [6.07, 6.45) is 2.06. The van der Waals surface area contributed by atoms with Crippen LogP contribution in [-0.4, -0.2) is 43.4 Å². The zero-order chi connectivity index (χ0) is 21.8. The van der Waals surface area contributed by atoms with Gasteiger partial charge in [-0.05, 0) is 35.7 Å². The molecule has 9 heteroatoms. The van der Waals surface area contributed by atoms with Crippen molar-refractivity contribution < 1.29 is 28.2 Å². The molecule has 0 N–H and O–H groups in total. The molecule has 1 unspecified atom stereocenters. The first-order valence-corrected chi connectivity index (χ1v) is 10.3. The number of benzene rings is 1. The number of para-hydroxylation sites is 1. The maximum atomic E-state index is 12.9. The van der Waals surface area contributed by atoms with E-state index in [2.05, 4.69) is 5.10 Å². The summed E-state index contributed by atoms with van der Waals surface area (Å²) in [6, 6.07) is 11.9. The van der Waals surface area contributed by atoms with E-state index < -0.39 is 24.5 Å². The summed E-state index contributed by atoms with van der Waals surface area (Å²) >= 11 is 1.55. The highest BCUT2D eigenvalue weighted by molar-refractivity contribution is 7.12. The number of hydrazone groups is 1. The predicted octanol–water partition coefficient (Wildman–Crippen LogP) is 3.89. The van der Waals surface area contributed by atoms with Crippen molar-refractivity contribution in [1.29, 1.82) is 0 Å². The highest BCUT2D eigenvalue weighted by atomic mass is 32.1. The number of amides is 1. The van der Waals surface area contributed by atoms with Gasteiger partial charge in [0.2, 0.25) is 0 Å². The number of thiophene rings is 1. The number of furan rings is 1. The van der Waals surface area contributed by atoms with E-state index in [1.165, 1.54) is 19.2 Å². The molecule has 0 bridgehead atoms. The second kappa shape index (κ2) is 9.05. The lowest BCUT2D eigenvalue weighted by Gasteiger charge is -2.20. The minimum atomic E-state index is -0.694. The molecular weight excluding hydrogens is 420 g/mol. The molecule has 8 nitrogen and oxygen atoms in total. The minimum absolute atomic E-state index is 0.168. The molecule has 0 saturated carbocycles. The first kappa shape index (κ1) is 20.7. The topological polar surface area (TPSA) is 90.6 Å². The number of hydrogen-bond acceptors (Lipinski definition) is 8. The smallest absolute Gasteiger partial charge is 0.342 e. The number of carbonyl (C=O) groups is 2. The molecule has 160 valence electrons. The van der Waals surface area contributed by atoms with Gasteiger partial charge < -0.3 is 18.6 Å². The highest BCUT2D eigenvalue weighted by Gasteiger charge is 2.35. The number of rotatable bonds is 7. The quantitative estimate of drug-likeness (QED) is 0.518. The van der Waals surface area contributed by atoms with Crippen LogP contribution < -0.4 is 9.47 Å². The molecule has 1 amide bonds. The second-order valence-corrected chi connectivity index (χ2v) is 7.56. The molecule has 0 radical (unpaired) electrons. The van der Waals surface area contributed by atoms with Gasteiger partial charge >= 0.3 is 5.97 Å². The van der Waals surface area contributed by atoms with E-state index in [1.807, 2.05) is 17.5 Å². The van der Waals surface area contributed by atoms with Crippen molar-refractivity contribution in [2.45, 2.75) is 12.5 Å². The maximum Gasteiger partial charge on any atom is 0.342 e. The van der Waals surface area contributed by atoms with E-state index in [9.17, 15) is 9.59 Å². The van der Waals surface area contributed by atoms with E-state index in [4.69, 9.17) is 18.6 Å². The summed E-state index contributed by atoms with van der Waals surface area (Å²) in [4.78, 5) is 26.5. The molecule has 3 heterocycles. The standard InChI is InChI=1S/C22H20N2O6S/c1-27-18-7-3-6-14(21(18)28-2)22(26)30-13-20(25)24-16(17-8-4-10-29-17)12-15(23-24)19-9-5-11-31-19/h3-11,16H,12-13H2,1-2H3. The minimum Gasteiger partial charge on any atom is -0.493 e. The molecule has 0 spiro atoms. The molecule has 0 saturated heterocycles. The van der Waals surface area contributed by atoms with Crippen LogP contribution in [0.4, 0.5) is 0 Å². The van der Waals surface area contributed by atoms with Crippen LogP contribution in [0.3, 0.4) is 0 Å². The largest absolute Gasteiger partial charge is 0.493 e.